The number of hydrogen-bond acceptors (Lipinski definition) is 4. The van der Waals surface area contributed by atoms with Gasteiger partial charge in [0.1, 0.15) is 0 Å². The van der Waals surface area contributed by atoms with Gasteiger partial charge in [-0.15, -0.1) is 0 Å². The fourth-order valence-corrected chi connectivity index (χ4v) is 1.38. The highest BCUT2D eigenvalue weighted by Crippen LogP contribution is 2.18. The van der Waals surface area contributed by atoms with Crippen LogP contribution in [0.15, 0.2) is 0 Å². The molecule has 4 heteroatoms. The molecular formula is C10H25N3O. The molecule has 0 radical (unpaired) electrons. The molecule has 3 N–H and O–H groups in total. The molecule has 0 aliphatic heterocycles. The van der Waals surface area contributed by atoms with E-state index in [2.05, 4.69) is 38.3 Å². The van der Waals surface area contributed by atoms with E-state index in [1.165, 1.54) is 0 Å². The number of nitrogens with zero attached hydrogens (tertiary/aromatic N) is 1. The van der Waals surface area contributed by atoms with E-state index in [9.17, 15) is 0 Å². The lowest BCUT2D eigenvalue weighted by atomic mass is 9.90. The molecule has 0 fully saturated rings. The quantitative estimate of drug-likeness (QED) is 0.361. The fraction of sp³-hybridized carbons (Fsp3) is 1.00. The third kappa shape index (κ3) is 3.92. The van der Waals surface area contributed by atoms with Crippen molar-refractivity contribution in [2.45, 2.75) is 38.3 Å². The van der Waals surface area contributed by atoms with Crippen molar-refractivity contribution in [1.29, 1.82) is 0 Å². The van der Waals surface area contributed by atoms with E-state index in [0.29, 0.717) is 0 Å². The molecule has 0 saturated heterocycles. The van der Waals surface area contributed by atoms with Gasteiger partial charge in [-0.1, -0.05) is 0 Å². The molecule has 0 aliphatic rings. The Kier molecular flexibility index (Phi) is 6.27. The zero-order chi connectivity index (χ0) is 11.2. The van der Waals surface area contributed by atoms with Crippen LogP contribution in [0, 0.1) is 0 Å². The Morgan fingerprint density at radius 2 is 2.00 bits per heavy atom. The Balaban J connectivity index is 4.11. The molecule has 0 aromatic carbocycles. The van der Waals surface area contributed by atoms with Gasteiger partial charge in [0.25, 0.3) is 0 Å². The monoisotopic (exact) mass is 203 g/mol. The zero-order valence-corrected chi connectivity index (χ0v) is 10.1. The van der Waals surface area contributed by atoms with Crippen LogP contribution in [0.1, 0.15) is 26.7 Å². The SMILES string of the molecule is COCCCC(NN)C(C)(C)N(C)C. The number of nitrogens with two attached hydrogens (primary N) is 1. The molecule has 0 spiro atoms. The Morgan fingerprint density at radius 1 is 1.43 bits per heavy atom. The first-order valence-electron chi connectivity index (χ1n) is 5.09. The lowest BCUT2D eigenvalue weighted by Crippen LogP contribution is -2.57. The van der Waals surface area contributed by atoms with Crippen molar-refractivity contribution in [3.8, 4) is 0 Å². The van der Waals surface area contributed by atoms with Gasteiger partial charge in [-0.05, 0) is 40.8 Å². The minimum absolute atomic E-state index is 0.0580. The van der Waals surface area contributed by atoms with Crippen molar-refractivity contribution < 1.29 is 4.74 Å². The van der Waals surface area contributed by atoms with Gasteiger partial charge in [0, 0.05) is 25.3 Å². The van der Waals surface area contributed by atoms with E-state index in [4.69, 9.17) is 10.6 Å². The Bertz CT molecular complexity index is 148. The summed E-state index contributed by atoms with van der Waals surface area (Å²) >= 11 is 0. The van der Waals surface area contributed by atoms with Crippen LogP contribution in [0.4, 0.5) is 0 Å². The van der Waals surface area contributed by atoms with E-state index in [-0.39, 0.29) is 11.6 Å². The maximum absolute atomic E-state index is 5.56. The van der Waals surface area contributed by atoms with Crippen molar-refractivity contribution in [3.05, 3.63) is 0 Å². The molecule has 0 amide bonds. The first kappa shape index (κ1) is 13.8. The molecule has 0 heterocycles. The van der Waals surface area contributed by atoms with E-state index in [1.54, 1.807) is 7.11 Å². The normalized spacial score (nSPS) is 14.8. The minimum Gasteiger partial charge on any atom is -0.385 e. The van der Waals surface area contributed by atoms with E-state index >= 15 is 0 Å². The summed E-state index contributed by atoms with van der Waals surface area (Å²) in [4.78, 5) is 2.18. The summed E-state index contributed by atoms with van der Waals surface area (Å²) in [5, 5.41) is 0. The Morgan fingerprint density at radius 3 is 2.36 bits per heavy atom. The van der Waals surface area contributed by atoms with Crippen molar-refractivity contribution in [2.24, 2.45) is 5.84 Å². The molecule has 0 bridgehead atoms. The van der Waals surface area contributed by atoms with Crippen LogP contribution in [0.3, 0.4) is 0 Å². The minimum atomic E-state index is 0.0580. The van der Waals surface area contributed by atoms with Gasteiger partial charge in [-0.2, -0.15) is 0 Å². The van der Waals surface area contributed by atoms with Crippen molar-refractivity contribution in [1.82, 2.24) is 10.3 Å². The number of ether oxygens (including phenoxy) is 1. The lowest BCUT2D eigenvalue weighted by Gasteiger charge is -2.39. The molecular weight excluding hydrogens is 178 g/mol. The summed E-state index contributed by atoms with van der Waals surface area (Å²) < 4.78 is 5.03. The molecule has 14 heavy (non-hydrogen) atoms. The van der Waals surface area contributed by atoms with Gasteiger partial charge in [-0.25, -0.2) is 0 Å². The van der Waals surface area contributed by atoms with E-state index in [1.807, 2.05) is 0 Å². The Hall–Kier alpha value is -0.160. The molecule has 0 rings (SSSR count). The lowest BCUT2D eigenvalue weighted by molar-refractivity contribution is 0.120. The van der Waals surface area contributed by atoms with Gasteiger partial charge < -0.3 is 9.64 Å². The third-order valence-electron chi connectivity index (χ3n) is 3.05. The van der Waals surface area contributed by atoms with E-state index < -0.39 is 0 Å². The summed E-state index contributed by atoms with van der Waals surface area (Å²) in [6.45, 7) is 5.16. The summed E-state index contributed by atoms with van der Waals surface area (Å²) in [6.07, 6.45) is 2.05. The van der Waals surface area contributed by atoms with Crippen molar-refractivity contribution in [3.63, 3.8) is 0 Å². The standard InChI is InChI=1S/C10H25N3O/c1-10(2,13(3)4)9(12-11)7-6-8-14-5/h9,12H,6-8,11H2,1-5H3. The maximum atomic E-state index is 5.56. The van der Waals surface area contributed by atoms with Crippen molar-refractivity contribution in [2.75, 3.05) is 27.8 Å². The number of nitrogens with one attached hydrogen (secondary N) is 1. The van der Waals surface area contributed by atoms with Crippen LogP contribution in [-0.2, 0) is 4.74 Å². The summed E-state index contributed by atoms with van der Waals surface area (Å²) in [6, 6.07) is 0.285. The zero-order valence-electron chi connectivity index (χ0n) is 10.1. The topological polar surface area (TPSA) is 50.5 Å². The predicted octanol–water partition coefficient (Wildman–Crippen LogP) is 0.585. The van der Waals surface area contributed by atoms with Gasteiger partial charge in [0.2, 0.25) is 0 Å². The van der Waals surface area contributed by atoms with Gasteiger partial charge in [0.15, 0.2) is 0 Å². The first-order valence-corrected chi connectivity index (χ1v) is 5.09. The average Bonchev–Trinajstić information content (AvgIpc) is 2.12. The van der Waals surface area contributed by atoms with Gasteiger partial charge in [-0.3, -0.25) is 11.3 Å². The highest BCUT2D eigenvalue weighted by molar-refractivity contribution is 4.89. The molecule has 86 valence electrons. The van der Waals surface area contributed by atoms with Crippen LogP contribution in [0.5, 0.6) is 0 Å². The van der Waals surface area contributed by atoms with Crippen LogP contribution in [0.2, 0.25) is 0 Å². The number of methoxy groups -OCH3 is 1. The second kappa shape index (κ2) is 6.35. The number of hydrazine groups is 1. The number of likely N-dealkylation sites (N-methyl/N-ethyl adjacent to an activating group) is 1. The molecule has 0 aliphatic carbocycles. The highest BCUT2D eigenvalue weighted by atomic mass is 16.5. The maximum Gasteiger partial charge on any atom is 0.0462 e. The molecule has 0 saturated carbocycles. The van der Waals surface area contributed by atoms with Crippen LogP contribution >= 0.6 is 0 Å². The second-order valence-electron chi connectivity index (χ2n) is 4.40. The third-order valence-corrected chi connectivity index (χ3v) is 3.05. The van der Waals surface area contributed by atoms with E-state index in [0.717, 1.165) is 19.4 Å². The largest absolute Gasteiger partial charge is 0.385 e. The summed E-state index contributed by atoms with van der Waals surface area (Å²) in [5.41, 5.74) is 2.94. The smallest absolute Gasteiger partial charge is 0.0462 e. The van der Waals surface area contributed by atoms with Gasteiger partial charge >= 0.3 is 0 Å². The molecule has 0 aromatic rings. The van der Waals surface area contributed by atoms with Crippen LogP contribution in [-0.4, -0.2) is 44.3 Å². The number of hydrogen-bond donors (Lipinski definition) is 2. The number of rotatable bonds is 7. The average molecular weight is 203 g/mol. The highest BCUT2D eigenvalue weighted by Gasteiger charge is 2.30. The second-order valence-corrected chi connectivity index (χ2v) is 4.40. The molecule has 1 unspecified atom stereocenters. The molecule has 4 nitrogen and oxygen atoms in total. The summed E-state index contributed by atoms with van der Waals surface area (Å²) in [7, 11) is 5.86. The predicted molar refractivity (Wildman–Crippen MR) is 60.0 cm³/mol. The van der Waals surface area contributed by atoms with Crippen LogP contribution < -0.4 is 11.3 Å². The van der Waals surface area contributed by atoms with Crippen LogP contribution in [0.25, 0.3) is 0 Å². The fourth-order valence-electron chi connectivity index (χ4n) is 1.38. The first-order chi connectivity index (χ1) is 6.46. The summed E-state index contributed by atoms with van der Waals surface area (Å²) in [5.74, 6) is 5.56. The Labute approximate surface area is 87.8 Å². The van der Waals surface area contributed by atoms with Crippen molar-refractivity contribution >= 4 is 0 Å². The van der Waals surface area contributed by atoms with Gasteiger partial charge in [0.05, 0.1) is 0 Å². The molecule has 0 aromatic heterocycles. The molecule has 1 atom stereocenters.